The first kappa shape index (κ1) is 19.3. The van der Waals surface area contributed by atoms with Crippen molar-refractivity contribution in [3.8, 4) is 11.5 Å². The van der Waals surface area contributed by atoms with Crippen molar-refractivity contribution in [1.29, 1.82) is 0 Å². The van der Waals surface area contributed by atoms with E-state index in [1.165, 1.54) is 0 Å². The normalized spacial score (nSPS) is 15.8. The number of ether oxygens (including phenoxy) is 2. The Kier molecular flexibility index (Phi) is 5.46. The van der Waals surface area contributed by atoms with E-state index in [-0.39, 0.29) is 11.8 Å². The third-order valence-electron chi connectivity index (χ3n) is 4.72. The van der Waals surface area contributed by atoms with Gasteiger partial charge in [0, 0.05) is 38.3 Å². The third-order valence-corrected chi connectivity index (χ3v) is 4.72. The van der Waals surface area contributed by atoms with Crippen LogP contribution in [0.3, 0.4) is 0 Å². The molecule has 1 aliphatic heterocycles. The second-order valence-corrected chi connectivity index (χ2v) is 7.89. The molecule has 3 rings (SSSR count). The van der Waals surface area contributed by atoms with Crippen LogP contribution in [0.1, 0.15) is 26.3 Å². The van der Waals surface area contributed by atoms with Gasteiger partial charge in [-0.15, -0.1) is 0 Å². The lowest BCUT2D eigenvalue weighted by atomic mass is 10.0. The molecule has 1 heterocycles. The molecule has 0 saturated carbocycles. The predicted octanol–water partition coefficient (Wildman–Crippen LogP) is 3.61. The molecule has 0 spiro atoms. The Balaban J connectivity index is 1.70. The number of hydrogen-bond acceptors (Lipinski definition) is 5. The van der Waals surface area contributed by atoms with Crippen LogP contribution < -0.4 is 4.74 Å². The minimum absolute atomic E-state index is 0.264. The molecule has 6 nitrogen and oxygen atoms in total. The molecule has 0 aliphatic carbocycles. The van der Waals surface area contributed by atoms with E-state index < -0.39 is 5.60 Å². The lowest BCUT2D eigenvalue weighted by Gasteiger charge is -2.35. The van der Waals surface area contributed by atoms with Gasteiger partial charge in [-0.05, 0) is 49.7 Å². The number of phenols is 1. The second-order valence-electron chi connectivity index (χ2n) is 7.89. The summed E-state index contributed by atoms with van der Waals surface area (Å²) in [6.07, 6.45) is -0.264. The number of carbonyl (C=O) groups is 1. The van der Waals surface area contributed by atoms with Gasteiger partial charge in [0.2, 0.25) is 0 Å². The largest absolute Gasteiger partial charge is 0.508 e. The first-order chi connectivity index (χ1) is 12.8. The van der Waals surface area contributed by atoms with Crippen LogP contribution in [-0.4, -0.2) is 59.9 Å². The molecule has 0 unspecified atom stereocenters. The average Bonchev–Trinajstić information content (AvgIpc) is 2.63. The molecular formula is C21H28N2O4. The number of phenolic OH excluding ortho intramolecular Hbond substituents is 1. The van der Waals surface area contributed by atoms with Crippen molar-refractivity contribution in [3.05, 3.63) is 35.9 Å². The van der Waals surface area contributed by atoms with Crippen LogP contribution in [0.15, 0.2) is 30.3 Å². The molecule has 1 fully saturated rings. The van der Waals surface area contributed by atoms with Gasteiger partial charge < -0.3 is 19.5 Å². The standard InChI is InChI=1S/C21H28N2O4/c1-21(2,3)27-20(25)23-11-9-22(10-12-23)14-18-17-13-16(26-4)7-5-15(17)6-8-19(18)24/h5-8,13,24H,9-12,14H2,1-4H3. The fourth-order valence-electron chi connectivity index (χ4n) is 3.28. The van der Waals surface area contributed by atoms with Gasteiger partial charge in [-0.1, -0.05) is 12.1 Å². The predicted molar refractivity (Wildman–Crippen MR) is 105 cm³/mol. The van der Waals surface area contributed by atoms with Crippen LogP contribution in [-0.2, 0) is 11.3 Å². The third kappa shape index (κ3) is 4.63. The van der Waals surface area contributed by atoms with Gasteiger partial charge >= 0.3 is 6.09 Å². The Bertz CT molecular complexity index is 821. The Labute approximate surface area is 160 Å². The molecule has 27 heavy (non-hydrogen) atoms. The Morgan fingerprint density at radius 1 is 1.11 bits per heavy atom. The molecule has 0 atom stereocenters. The molecule has 1 N–H and O–H groups in total. The summed E-state index contributed by atoms with van der Waals surface area (Å²) in [4.78, 5) is 16.2. The number of fused-ring (bicyclic) bond motifs is 1. The molecule has 0 bridgehead atoms. The lowest BCUT2D eigenvalue weighted by Crippen LogP contribution is -2.49. The van der Waals surface area contributed by atoms with Crippen molar-refractivity contribution in [2.24, 2.45) is 0 Å². The Hall–Kier alpha value is -2.47. The average molecular weight is 372 g/mol. The summed E-state index contributed by atoms with van der Waals surface area (Å²) in [6.45, 7) is 8.94. The second kappa shape index (κ2) is 7.64. The zero-order chi connectivity index (χ0) is 19.6. The maximum Gasteiger partial charge on any atom is 0.410 e. The zero-order valence-corrected chi connectivity index (χ0v) is 16.5. The molecule has 0 radical (unpaired) electrons. The van der Waals surface area contributed by atoms with Gasteiger partial charge in [-0.25, -0.2) is 4.79 Å². The summed E-state index contributed by atoms with van der Waals surface area (Å²) in [5, 5.41) is 12.5. The quantitative estimate of drug-likeness (QED) is 0.892. The van der Waals surface area contributed by atoms with Crippen molar-refractivity contribution < 1.29 is 19.4 Å². The van der Waals surface area contributed by atoms with Gasteiger partial charge in [-0.2, -0.15) is 0 Å². The molecular weight excluding hydrogens is 344 g/mol. The molecule has 2 aromatic rings. The number of nitrogens with zero attached hydrogens (tertiary/aromatic N) is 2. The van der Waals surface area contributed by atoms with Crippen LogP contribution in [0, 0.1) is 0 Å². The molecule has 1 amide bonds. The van der Waals surface area contributed by atoms with Crippen LogP contribution >= 0.6 is 0 Å². The summed E-state index contributed by atoms with van der Waals surface area (Å²) in [5.41, 5.74) is 0.402. The van der Waals surface area contributed by atoms with Gasteiger partial charge in [0.15, 0.2) is 0 Å². The van der Waals surface area contributed by atoms with Crippen LogP contribution in [0.25, 0.3) is 10.8 Å². The number of aromatic hydroxyl groups is 1. The van der Waals surface area contributed by atoms with Crippen LogP contribution in [0.5, 0.6) is 11.5 Å². The number of hydrogen-bond donors (Lipinski definition) is 1. The monoisotopic (exact) mass is 372 g/mol. The number of piperazine rings is 1. The molecule has 1 aliphatic rings. The Morgan fingerprint density at radius 2 is 1.78 bits per heavy atom. The van der Waals surface area contributed by atoms with E-state index in [9.17, 15) is 9.90 Å². The summed E-state index contributed by atoms with van der Waals surface area (Å²) in [6, 6.07) is 9.52. The summed E-state index contributed by atoms with van der Waals surface area (Å²) in [5.74, 6) is 1.05. The topological polar surface area (TPSA) is 62.2 Å². The number of methoxy groups -OCH3 is 1. The molecule has 0 aromatic heterocycles. The highest BCUT2D eigenvalue weighted by Crippen LogP contribution is 2.31. The molecule has 1 saturated heterocycles. The van der Waals surface area contributed by atoms with Crippen LogP contribution in [0.4, 0.5) is 4.79 Å². The molecule has 146 valence electrons. The minimum Gasteiger partial charge on any atom is -0.508 e. The van der Waals surface area contributed by atoms with Crippen LogP contribution in [0.2, 0.25) is 0 Å². The first-order valence-electron chi connectivity index (χ1n) is 9.26. The number of amides is 1. The first-order valence-corrected chi connectivity index (χ1v) is 9.26. The molecule has 6 heteroatoms. The van der Waals surface area contributed by atoms with Crippen molar-refractivity contribution in [1.82, 2.24) is 9.80 Å². The highest BCUT2D eigenvalue weighted by molar-refractivity contribution is 5.89. The fourth-order valence-corrected chi connectivity index (χ4v) is 3.28. The van der Waals surface area contributed by atoms with Crippen molar-refractivity contribution in [3.63, 3.8) is 0 Å². The summed E-state index contributed by atoms with van der Waals surface area (Å²) >= 11 is 0. The highest BCUT2D eigenvalue weighted by Gasteiger charge is 2.26. The van der Waals surface area contributed by atoms with Gasteiger partial charge in [0.05, 0.1) is 7.11 Å². The van der Waals surface area contributed by atoms with E-state index in [2.05, 4.69) is 4.90 Å². The maximum absolute atomic E-state index is 12.2. The molecule has 2 aromatic carbocycles. The minimum atomic E-state index is -0.484. The SMILES string of the molecule is COc1ccc2ccc(O)c(CN3CCN(C(=O)OC(C)(C)C)CC3)c2c1. The van der Waals surface area contributed by atoms with E-state index in [0.717, 1.165) is 35.2 Å². The van der Waals surface area contributed by atoms with E-state index in [1.54, 1.807) is 18.1 Å². The smallest absolute Gasteiger partial charge is 0.410 e. The van der Waals surface area contributed by atoms with Gasteiger partial charge in [0.25, 0.3) is 0 Å². The van der Waals surface area contributed by atoms with Crippen molar-refractivity contribution >= 4 is 16.9 Å². The van der Waals surface area contributed by atoms with Crippen molar-refractivity contribution in [2.75, 3.05) is 33.3 Å². The van der Waals surface area contributed by atoms with Gasteiger partial charge in [0.1, 0.15) is 17.1 Å². The van der Waals surface area contributed by atoms with E-state index in [0.29, 0.717) is 19.6 Å². The van der Waals surface area contributed by atoms with E-state index in [1.807, 2.05) is 45.0 Å². The number of rotatable bonds is 3. The highest BCUT2D eigenvalue weighted by atomic mass is 16.6. The maximum atomic E-state index is 12.2. The summed E-state index contributed by atoms with van der Waals surface area (Å²) < 4.78 is 10.8. The number of benzene rings is 2. The Morgan fingerprint density at radius 3 is 2.41 bits per heavy atom. The lowest BCUT2D eigenvalue weighted by molar-refractivity contribution is 0.0138. The van der Waals surface area contributed by atoms with Gasteiger partial charge in [-0.3, -0.25) is 4.90 Å². The van der Waals surface area contributed by atoms with E-state index >= 15 is 0 Å². The zero-order valence-electron chi connectivity index (χ0n) is 16.5. The van der Waals surface area contributed by atoms with Crippen molar-refractivity contribution in [2.45, 2.75) is 32.9 Å². The van der Waals surface area contributed by atoms with E-state index in [4.69, 9.17) is 9.47 Å². The number of carbonyl (C=O) groups excluding carboxylic acids is 1. The summed E-state index contributed by atoms with van der Waals surface area (Å²) in [7, 11) is 1.64. The fraction of sp³-hybridized carbons (Fsp3) is 0.476.